The Morgan fingerprint density at radius 3 is 2.79 bits per heavy atom. The fourth-order valence-electron chi connectivity index (χ4n) is 4.12. The minimum Gasteiger partial charge on any atom is -0.469 e. The molecule has 3 rings (SSSR count). The fourth-order valence-corrected chi connectivity index (χ4v) is 4.32. The molecule has 1 fully saturated rings. The van der Waals surface area contributed by atoms with Gasteiger partial charge in [-0.15, -0.1) is 0 Å². The van der Waals surface area contributed by atoms with Crippen LogP contribution < -0.4 is 4.90 Å². The van der Waals surface area contributed by atoms with E-state index in [4.69, 9.17) is 16.3 Å². The first-order chi connectivity index (χ1) is 11.4. The van der Waals surface area contributed by atoms with E-state index >= 15 is 0 Å². The van der Waals surface area contributed by atoms with Crippen molar-refractivity contribution in [1.82, 2.24) is 4.90 Å². The number of benzene rings is 1. The normalized spacial score (nSPS) is 27.0. The van der Waals surface area contributed by atoms with Gasteiger partial charge in [-0.2, -0.15) is 0 Å². The lowest BCUT2D eigenvalue weighted by Crippen LogP contribution is -2.58. The van der Waals surface area contributed by atoms with Gasteiger partial charge in [-0.1, -0.05) is 11.6 Å². The fraction of sp³-hybridized carbons (Fsp3) is 0.529. The Hall–Kier alpha value is -1.79. The Bertz CT molecular complexity index is 666. The summed E-state index contributed by atoms with van der Waals surface area (Å²) in [5.41, 5.74) is 1.55. The summed E-state index contributed by atoms with van der Waals surface area (Å²) in [6.07, 6.45) is 1.14. The lowest BCUT2D eigenvalue weighted by atomic mass is 9.83. The maximum absolute atomic E-state index is 12.2. The number of amides is 1. The highest BCUT2D eigenvalue weighted by Gasteiger charge is 2.47. The third kappa shape index (κ3) is 2.84. The molecule has 3 unspecified atom stereocenters. The number of rotatable bonds is 2. The summed E-state index contributed by atoms with van der Waals surface area (Å²) < 4.78 is 4.97. The summed E-state index contributed by atoms with van der Waals surface area (Å²) in [4.78, 5) is 27.6. The number of methoxy groups -OCH3 is 1. The number of fused-ring (bicyclic) bond motifs is 1. The van der Waals surface area contributed by atoms with Gasteiger partial charge in [-0.25, -0.2) is 4.79 Å². The van der Waals surface area contributed by atoms with Crippen LogP contribution >= 0.6 is 11.6 Å². The lowest BCUT2D eigenvalue weighted by Gasteiger charge is -2.43. The molecule has 24 heavy (non-hydrogen) atoms. The standard InChI is InChI=1S/C17H21ClN2O4/c1-19-7-3-4-12(16(21)24-2)15(19)14-9-10-8-11(18)5-6-13(10)20(14)17(22)23/h5-6,8,12,14-15H,3-4,7,9H2,1-2H3,(H,22,23). The molecule has 1 N–H and O–H groups in total. The molecule has 130 valence electrons. The maximum Gasteiger partial charge on any atom is 0.412 e. The molecule has 0 radical (unpaired) electrons. The number of carbonyl (C=O) groups excluding carboxylic acids is 1. The van der Waals surface area contributed by atoms with Crippen LogP contribution in [0.4, 0.5) is 10.5 Å². The van der Waals surface area contributed by atoms with E-state index < -0.39 is 6.09 Å². The third-order valence-electron chi connectivity index (χ3n) is 5.11. The quantitative estimate of drug-likeness (QED) is 0.828. The van der Waals surface area contributed by atoms with Gasteiger partial charge in [-0.05, 0) is 56.6 Å². The zero-order chi connectivity index (χ0) is 17.4. The highest BCUT2D eigenvalue weighted by Crippen LogP contribution is 2.39. The van der Waals surface area contributed by atoms with E-state index in [0.29, 0.717) is 23.6 Å². The molecule has 1 aromatic carbocycles. The van der Waals surface area contributed by atoms with E-state index in [2.05, 4.69) is 4.90 Å². The Morgan fingerprint density at radius 1 is 1.38 bits per heavy atom. The molecule has 2 aliphatic heterocycles. The van der Waals surface area contributed by atoms with Crippen molar-refractivity contribution < 1.29 is 19.4 Å². The van der Waals surface area contributed by atoms with Crippen LogP contribution in [-0.2, 0) is 16.0 Å². The number of nitrogens with zero attached hydrogens (tertiary/aromatic N) is 2. The number of carbonyl (C=O) groups is 2. The van der Waals surface area contributed by atoms with Gasteiger partial charge in [0.05, 0.1) is 24.8 Å². The van der Waals surface area contributed by atoms with Crippen molar-refractivity contribution in [3.8, 4) is 0 Å². The van der Waals surface area contributed by atoms with Gasteiger partial charge < -0.3 is 14.7 Å². The number of hydrogen-bond acceptors (Lipinski definition) is 4. The molecule has 3 atom stereocenters. The smallest absolute Gasteiger partial charge is 0.412 e. The first-order valence-corrected chi connectivity index (χ1v) is 8.40. The van der Waals surface area contributed by atoms with Crippen molar-refractivity contribution in [3.05, 3.63) is 28.8 Å². The molecule has 1 saturated heterocycles. The van der Waals surface area contributed by atoms with E-state index in [9.17, 15) is 14.7 Å². The van der Waals surface area contributed by atoms with Crippen LogP contribution in [0.1, 0.15) is 18.4 Å². The number of hydrogen-bond donors (Lipinski definition) is 1. The number of piperidine rings is 1. The van der Waals surface area contributed by atoms with Crippen molar-refractivity contribution in [2.45, 2.75) is 31.3 Å². The second-order valence-electron chi connectivity index (χ2n) is 6.44. The molecule has 0 aliphatic carbocycles. The topological polar surface area (TPSA) is 70.1 Å². The Morgan fingerprint density at radius 2 is 2.12 bits per heavy atom. The molecule has 2 heterocycles. The van der Waals surface area contributed by atoms with Gasteiger partial charge in [-0.3, -0.25) is 9.69 Å². The second-order valence-corrected chi connectivity index (χ2v) is 6.88. The van der Waals surface area contributed by atoms with Crippen molar-refractivity contribution >= 4 is 29.4 Å². The van der Waals surface area contributed by atoms with E-state index in [0.717, 1.165) is 18.5 Å². The monoisotopic (exact) mass is 352 g/mol. The minimum atomic E-state index is -1.01. The third-order valence-corrected chi connectivity index (χ3v) is 5.35. The van der Waals surface area contributed by atoms with E-state index in [1.165, 1.54) is 12.0 Å². The summed E-state index contributed by atoms with van der Waals surface area (Å²) in [5, 5.41) is 10.3. The van der Waals surface area contributed by atoms with Crippen LogP contribution in [-0.4, -0.2) is 54.9 Å². The van der Waals surface area contributed by atoms with E-state index in [1.807, 2.05) is 13.1 Å². The van der Waals surface area contributed by atoms with Crippen molar-refractivity contribution in [3.63, 3.8) is 0 Å². The molecular formula is C17H21ClN2O4. The first kappa shape index (κ1) is 17.0. The summed E-state index contributed by atoms with van der Waals surface area (Å²) in [5.74, 6) is -0.601. The Kier molecular flexibility index (Phi) is 4.69. The van der Waals surface area contributed by atoms with Crippen molar-refractivity contribution in [2.24, 2.45) is 5.92 Å². The number of likely N-dealkylation sites (N-methyl/N-ethyl adjacent to an activating group) is 1. The van der Waals surface area contributed by atoms with Gasteiger partial charge >= 0.3 is 12.1 Å². The zero-order valence-electron chi connectivity index (χ0n) is 13.7. The summed E-state index contributed by atoms with van der Waals surface area (Å²) in [6.45, 7) is 0.833. The SMILES string of the molecule is COC(=O)C1CCCN(C)C1C1Cc2cc(Cl)ccc2N1C(=O)O. The zero-order valence-corrected chi connectivity index (χ0v) is 14.5. The number of halogens is 1. The van der Waals surface area contributed by atoms with Crippen molar-refractivity contribution in [1.29, 1.82) is 0 Å². The maximum atomic E-state index is 12.2. The van der Waals surface area contributed by atoms with E-state index in [-0.39, 0.29) is 24.0 Å². The van der Waals surface area contributed by atoms with E-state index in [1.54, 1.807) is 12.1 Å². The average Bonchev–Trinajstić information content (AvgIpc) is 2.91. The Balaban J connectivity index is 1.99. The molecule has 0 aromatic heterocycles. The number of anilines is 1. The summed E-state index contributed by atoms with van der Waals surface area (Å²) in [7, 11) is 3.32. The van der Waals surface area contributed by atoms with Crippen LogP contribution in [0.5, 0.6) is 0 Å². The van der Waals surface area contributed by atoms with Crippen LogP contribution in [0.25, 0.3) is 0 Å². The molecule has 7 heteroatoms. The van der Waals surface area contributed by atoms with Gasteiger partial charge in [0.15, 0.2) is 0 Å². The van der Waals surface area contributed by atoms with Crippen molar-refractivity contribution in [2.75, 3.05) is 25.6 Å². The second kappa shape index (κ2) is 6.61. The molecular weight excluding hydrogens is 332 g/mol. The average molecular weight is 353 g/mol. The molecule has 0 spiro atoms. The van der Waals surface area contributed by atoms with Crippen LogP contribution in [0.2, 0.25) is 5.02 Å². The summed E-state index contributed by atoms with van der Waals surface area (Å²) >= 11 is 6.06. The molecule has 1 aromatic rings. The summed E-state index contributed by atoms with van der Waals surface area (Å²) in [6, 6.07) is 4.70. The molecule has 0 saturated carbocycles. The molecule has 6 nitrogen and oxygen atoms in total. The number of esters is 1. The first-order valence-electron chi connectivity index (χ1n) is 8.02. The Labute approximate surface area is 145 Å². The molecule has 2 aliphatic rings. The minimum absolute atomic E-state index is 0.214. The molecule has 1 amide bonds. The van der Waals surface area contributed by atoms with Gasteiger partial charge in [0.2, 0.25) is 0 Å². The number of likely N-dealkylation sites (tertiary alicyclic amines) is 1. The predicted molar refractivity (Wildman–Crippen MR) is 90.6 cm³/mol. The van der Waals surface area contributed by atoms with Crippen LogP contribution in [0.3, 0.4) is 0 Å². The lowest BCUT2D eigenvalue weighted by molar-refractivity contribution is -0.150. The number of carboxylic acid groups (broad SMARTS) is 1. The van der Waals surface area contributed by atoms with Gasteiger partial charge in [0, 0.05) is 11.1 Å². The van der Waals surface area contributed by atoms with Gasteiger partial charge in [0.1, 0.15) is 0 Å². The highest BCUT2D eigenvalue weighted by molar-refractivity contribution is 6.30. The van der Waals surface area contributed by atoms with Gasteiger partial charge in [0.25, 0.3) is 0 Å². The number of ether oxygens (including phenoxy) is 1. The predicted octanol–water partition coefficient (Wildman–Crippen LogP) is 2.63. The van der Waals surface area contributed by atoms with Crippen LogP contribution in [0.15, 0.2) is 18.2 Å². The molecule has 0 bridgehead atoms. The van der Waals surface area contributed by atoms with Crippen LogP contribution in [0, 0.1) is 5.92 Å². The largest absolute Gasteiger partial charge is 0.469 e. The highest BCUT2D eigenvalue weighted by atomic mass is 35.5.